The molecule has 0 aromatic heterocycles. The van der Waals surface area contributed by atoms with E-state index in [1.807, 2.05) is 36.4 Å². The first kappa shape index (κ1) is 14.4. The van der Waals surface area contributed by atoms with Gasteiger partial charge in [-0.1, -0.05) is 42.5 Å². The van der Waals surface area contributed by atoms with Crippen molar-refractivity contribution < 1.29 is 19.8 Å². The van der Waals surface area contributed by atoms with Gasteiger partial charge in [-0.05, 0) is 23.3 Å². The minimum atomic E-state index is -0.896. The summed E-state index contributed by atoms with van der Waals surface area (Å²) in [6.07, 6.45) is 0. The Morgan fingerprint density at radius 3 is 1.89 bits per heavy atom. The first-order valence-electron chi connectivity index (χ1n) is 5.59. The Hall–Kier alpha value is -2.62. The van der Waals surface area contributed by atoms with E-state index in [0.717, 1.165) is 18.1 Å². The van der Waals surface area contributed by atoms with Crippen molar-refractivity contribution in [3.63, 3.8) is 0 Å². The molecule has 0 spiro atoms. The van der Waals surface area contributed by atoms with Crippen molar-refractivity contribution >= 4 is 11.9 Å². The first-order valence-corrected chi connectivity index (χ1v) is 5.59. The molecule has 0 saturated heterocycles. The number of carboxylic acids is 2. The second-order valence-electron chi connectivity index (χ2n) is 3.77. The molecule has 0 unspecified atom stereocenters. The molecular formula is C15H14O4. The average molecular weight is 258 g/mol. The van der Waals surface area contributed by atoms with Gasteiger partial charge in [-0.25, -0.2) is 4.79 Å². The Morgan fingerprint density at radius 1 is 0.842 bits per heavy atom. The molecule has 4 nitrogen and oxygen atoms in total. The van der Waals surface area contributed by atoms with Crippen LogP contribution in [0.15, 0.2) is 54.6 Å². The zero-order valence-electron chi connectivity index (χ0n) is 10.4. The highest BCUT2D eigenvalue weighted by Gasteiger charge is 2.03. The third-order valence-corrected chi connectivity index (χ3v) is 2.22. The van der Waals surface area contributed by atoms with Crippen LogP contribution in [0.1, 0.15) is 17.3 Å². The topological polar surface area (TPSA) is 74.6 Å². The van der Waals surface area contributed by atoms with Crippen molar-refractivity contribution in [1.29, 1.82) is 0 Å². The van der Waals surface area contributed by atoms with Gasteiger partial charge in [0, 0.05) is 6.92 Å². The minimum Gasteiger partial charge on any atom is -0.481 e. The molecule has 0 fully saturated rings. The molecule has 2 aromatic rings. The number of benzene rings is 2. The fourth-order valence-electron chi connectivity index (χ4n) is 1.46. The number of aromatic carboxylic acids is 1. The van der Waals surface area contributed by atoms with E-state index in [-0.39, 0.29) is 0 Å². The van der Waals surface area contributed by atoms with Crippen molar-refractivity contribution in [2.24, 2.45) is 0 Å². The van der Waals surface area contributed by atoms with Crippen molar-refractivity contribution in [3.05, 3.63) is 60.2 Å². The van der Waals surface area contributed by atoms with E-state index in [9.17, 15) is 4.79 Å². The van der Waals surface area contributed by atoms with Crippen LogP contribution in [0.5, 0.6) is 0 Å². The number of carboxylic acid groups (broad SMARTS) is 2. The summed E-state index contributed by atoms with van der Waals surface area (Å²) in [5, 5.41) is 16.3. The highest BCUT2D eigenvalue weighted by Crippen LogP contribution is 2.19. The van der Waals surface area contributed by atoms with Gasteiger partial charge >= 0.3 is 5.97 Å². The van der Waals surface area contributed by atoms with E-state index in [1.165, 1.54) is 0 Å². The van der Waals surface area contributed by atoms with E-state index in [1.54, 1.807) is 18.2 Å². The maximum Gasteiger partial charge on any atom is 0.335 e. The largest absolute Gasteiger partial charge is 0.481 e. The standard InChI is InChI=1S/C13H10O2.C2H4O2/c14-13(15)12-8-4-7-11(9-12)10-5-2-1-3-6-10;1-2(3)4/h1-9H,(H,14,15);1H3,(H,3,4). The predicted octanol–water partition coefficient (Wildman–Crippen LogP) is 3.14. The molecule has 0 heterocycles. The molecular weight excluding hydrogens is 244 g/mol. The molecule has 0 radical (unpaired) electrons. The Morgan fingerprint density at radius 2 is 1.37 bits per heavy atom. The number of aliphatic carboxylic acids is 1. The smallest absolute Gasteiger partial charge is 0.335 e. The van der Waals surface area contributed by atoms with Crippen LogP contribution in [0, 0.1) is 0 Å². The van der Waals surface area contributed by atoms with Crippen LogP contribution in [0.25, 0.3) is 11.1 Å². The lowest BCUT2D eigenvalue weighted by atomic mass is 10.0. The molecule has 0 aliphatic carbocycles. The van der Waals surface area contributed by atoms with E-state index in [2.05, 4.69) is 0 Å². The monoisotopic (exact) mass is 258 g/mol. The molecule has 98 valence electrons. The van der Waals surface area contributed by atoms with Crippen LogP contribution in [0.2, 0.25) is 0 Å². The highest BCUT2D eigenvalue weighted by atomic mass is 16.4. The summed E-state index contributed by atoms with van der Waals surface area (Å²) in [6, 6.07) is 16.7. The average Bonchev–Trinajstić information content (AvgIpc) is 2.39. The van der Waals surface area contributed by atoms with E-state index >= 15 is 0 Å². The fraction of sp³-hybridized carbons (Fsp3) is 0.0667. The quantitative estimate of drug-likeness (QED) is 0.867. The zero-order chi connectivity index (χ0) is 14.3. The lowest BCUT2D eigenvalue weighted by molar-refractivity contribution is -0.134. The van der Waals surface area contributed by atoms with Gasteiger partial charge in [0.2, 0.25) is 0 Å². The van der Waals surface area contributed by atoms with Crippen LogP contribution in [-0.2, 0) is 4.79 Å². The molecule has 0 aliphatic rings. The maximum absolute atomic E-state index is 10.8. The molecule has 2 rings (SSSR count). The SMILES string of the molecule is CC(=O)O.O=C(O)c1cccc(-c2ccccc2)c1. The van der Waals surface area contributed by atoms with Crippen LogP contribution < -0.4 is 0 Å². The molecule has 0 saturated carbocycles. The zero-order valence-corrected chi connectivity index (χ0v) is 10.4. The summed E-state index contributed by atoms with van der Waals surface area (Å²) in [5.74, 6) is -1.73. The first-order chi connectivity index (χ1) is 9.00. The maximum atomic E-state index is 10.8. The third-order valence-electron chi connectivity index (χ3n) is 2.22. The van der Waals surface area contributed by atoms with Crippen molar-refractivity contribution in [1.82, 2.24) is 0 Å². The van der Waals surface area contributed by atoms with Crippen molar-refractivity contribution in [2.75, 3.05) is 0 Å². The molecule has 0 aliphatic heterocycles. The van der Waals surface area contributed by atoms with Gasteiger partial charge in [0.05, 0.1) is 5.56 Å². The van der Waals surface area contributed by atoms with E-state index in [0.29, 0.717) is 5.56 Å². The molecule has 2 N–H and O–H groups in total. The fourth-order valence-corrected chi connectivity index (χ4v) is 1.46. The number of hydrogen-bond acceptors (Lipinski definition) is 2. The van der Waals surface area contributed by atoms with Gasteiger partial charge < -0.3 is 10.2 Å². The Kier molecular flexibility index (Phi) is 5.29. The predicted molar refractivity (Wildman–Crippen MR) is 72.1 cm³/mol. The Balaban J connectivity index is 0.000000399. The summed E-state index contributed by atoms with van der Waals surface area (Å²) >= 11 is 0. The second kappa shape index (κ2) is 6.96. The van der Waals surface area contributed by atoms with Gasteiger partial charge in [0.25, 0.3) is 5.97 Å². The van der Waals surface area contributed by atoms with Crippen LogP contribution in [-0.4, -0.2) is 22.2 Å². The van der Waals surface area contributed by atoms with Gasteiger partial charge in [0.15, 0.2) is 0 Å². The Labute approximate surface area is 111 Å². The van der Waals surface area contributed by atoms with E-state index < -0.39 is 11.9 Å². The molecule has 0 amide bonds. The summed E-state index contributed by atoms with van der Waals surface area (Å²) in [5.41, 5.74) is 2.27. The summed E-state index contributed by atoms with van der Waals surface area (Å²) in [7, 11) is 0. The lowest BCUT2D eigenvalue weighted by Crippen LogP contribution is -1.95. The third kappa shape index (κ3) is 5.04. The van der Waals surface area contributed by atoms with Gasteiger partial charge in [-0.3, -0.25) is 4.79 Å². The summed E-state index contributed by atoms with van der Waals surface area (Å²) < 4.78 is 0. The van der Waals surface area contributed by atoms with Gasteiger partial charge in [-0.2, -0.15) is 0 Å². The minimum absolute atomic E-state index is 0.316. The van der Waals surface area contributed by atoms with Crippen molar-refractivity contribution in [2.45, 2.75) is 6.92 Å². The van der Waals surface area contributed by atoms with Gasteiger partial charge in [-0.15, -0.1) is 0 Å². The van der Waals surface area contributed by atoms with E-state index in [4.69, 9.17) is 15.0 Å². The normalized spacial score (nSPS) is 9.11. The van der Waals surface area contributed by atoms with Crippen molar-refractivity contribution in [3.8, 4) is 11.1 Å². The summed E-state index contributed by atoms with van der Waals surface area (Å²) in [4.78, 5) is 19.8. The molecule has 0 atom stereocenters. The number of rotatable bonds is 2. The molecule has 0 bridgehead atoms. The molecule has 19 heavy (non-hydrogen) atoms. The Bertz CT molecular complexity index is 557. The summed E-state index contributed by atoms with van der Waals surface area (Å²) in [6.45, 7) is 1.08. The lowest BCUT2D eigenvalue weighted by Gasteiger charge is -2.02. The second-order valence-corrected chi connectivity index (χ2v) is 3.77. The van der Waals surface area contributed by atoms with Crippen LogP contribution in [0.3, 0.4) is 0 Å². The number of carbonyl (C=O) groups is 2. The molecule has 2 aromatic carbocycles. The van der Waals surface area contributed by atoms with Gasteiger partial charge in [0.1, 0.15) is 0 Å². The number of hydrogen-bond donors (Lipinski definition) is 2. The highest BCUT2D eigenvalue weighted by molar-refractivity contribution is 5.89. The molecule has 4 heteroatoms. The van der Waals surface area contributed by atoms with Crippen LogP contribution in [0.4, 0.5) is 0 Å². The van der Waals surface area contributed by atoms with Crippen LogP contribution >= 0.6 is 0 Å².